The van der Waals surface area contributed by atoms with Crippen LogP contribution in [0.3, 0.4) is 0 Å². The van der Waals surface area contributed by atoms with Gasteiger partial charge in [0.05, 0.1) is 12.2 Å². The highest BCUT2D eigenvalue weighted by molar-refractivity contribution is 7.99. The molecule has 1 heterocycles. The highest BCUT2D eigenvalue weighted by Crippen LogP contribution is 2.33. The summed E-state index contributed by atoms with van der Waals surface area (Å²) < 4.78 is 37.3. The average molecular weight is 299 g/mol. The van der Waals surface area contributed by atoms with Gasteiger partial charge in [0.2, 0.25) is 0 Å². The van der Waals surface area contributed by atoms with Crippen LogP contribution in [-0.2, 0) is 12.8 Å². The summed E-state index contributed by atoms with van der Waals surface area (Å²) in [4.78, 5) is 4.58. The Hall–Kier alpha value is -1.53. The lowest BCUT2D eigenvalue weighted by Gasteiger charge is -2.09. The van der Waals surface area contributed by atoms with Gasteiger partial charge in [-0.05, 0) is 30.7 Å². The predicted molar refractivity (Wildman–Crippen MR) is 70.5 cm³/mol. The van der Waals surface area contributed by atoms with E-state index >= 15 is 0 Å². The van der Waals surface area contributed by atoms with Crippen LogP contribution >= 0.6 is 11.8 Å². The van der Waals surface area contributed by atoms with E-state index in [4.69, 9.17) is 0 Å². The van der Waals surface area contributed by atoms with Crippen molar-refractivity contribution in [2.75, 3.05) is 0 Å². The Morgan fingerprint density at radius 1 is 1.20 bits per heavy atom. The Bertz CT molecular complexity index is 596. The number of benzene rings is 1. The molecule has 1 aromatic carbocycles. The molecule has 0 radical (unpaired) electrons. The van der Waals surface area contributed by atoms with Crippen LogP contribution < -0.4 is 0 Å². The lowest BCUT2D eigenvalue weighted by atomic mass is 10.1. The standard InChI is InChI=1S/C14H12F3NOS/c1-9-2-4-12(10(6-9)8-19)20-13-5-3-11(7-18-13)14(15,16)17/h2-7,19H,8H2,1H3. The molecule has 0 saturated heterocycles. The molecule has 0 spiro atoms. The fraction of sp³-hybridized carbons (Fsp3) is 0.214. The number of aryl methyl sites for hydroxylation is 1. The molecule has 2 rings (SSSR count). The van der Waals surface area contributed by atoms with Crippen LogP contribution in [0.15, 0.2) is 46.5 Å². The normalized spacial score (nSPS) is 11.7. The summed E-state index contributed by atoms with van der Waals surface area (Å²) in [6, 6.07) is 7.87. The second-order valence-corrected chi connectivity index (χ2v) is 5.32. The van der Waals surface area contributed by atoms with Gasteiger partial charge in [0.1, 0.15) is 5.03 Å². The maximum atomic E-state index is 12.4. The lowest BCUT2D eigenvalue weighted by molar-refractivity contribution is -0.137. The molecule has 0 fully saturated rings. The van der Waals surface area contributed by atoms with E-state index in [0.717, 1.165) is 28.3 Å². The van der Waals surface area contributed by atoms with E-state index in [2.05, 4.69) is 4.98 Å². The Morgan fingerprint density at radius 2 is 1.95 bits per heavy atom. The minimum Gasteiger partial charge on any atom is -0.392 e. The van der Waals surface area contributed by atoms with Crippen molar-refractivity contribution >= 4 is 11.8 Å². The number of halogens is 3. The van der Waals surface area contributed by atoms with Gasteiger partial charge in [-0.25, -0.2) is 4.98 Å². The Morgan fingerprint density at radius 3 is 2.50 bits per heavy atom. The van der Waals surface area contributed by atoms with Gasteiger partial charge in [-0.1, -0.05) is 29.5 Å². The molecule has 0 atom stereocenters. The van der Waals surface area contributed by atoms with Crippen molar-refractivity contribution in [3.63, 3.8) is 0 Å². The molecule has 0 aliphatic carbocycles. The molecule has 20 heavy (non-hydrogen) atoms. The molecule has 0 bridgehead atoms. The third kappa shape index (κ3) is 3.52. The molecule has 0 aliphatic rings. The number of rotatable bonds is 3. The number of hydrogen-bond donors (Lipinski definition) is 1. The van der Waals surface area contributed by atoms with Crippen LogP contribution in [-0.4, -0.2) is 10.1 Å². The van der Waals surface area contributed by atoms with Gasteiger partial charge in [-0.3, -0.25) is 0 Å². The third-order valence-electron chi connectivity index (χ3n) is 2.66. The molecule has 0 aliphatic heterocycles. The van der Waals surface area contributed by atoms with Gasteiger partial charge in [0, 0.05) is 11.1 Å². The second kappa shape index (κ2) is 5.85. The van der Waals surface area contributed by atoms with Crippen LogP contribution in [0.25, 0.3) is 0 Å². The number of pyridine rings is 1. The minimum absolute atomic E-state index is 0.120. The molecule has 1 aromatic heterocycles. The van der Waals surface area contributed by atoms with Crippen molar-refractivity contribution in [2.45, 2.75) is 29.6 Å². The second-order valence-electron chi connectivity index (χ2n) is 4.25. The zero-order chi connectivity index (χ0) is 14.8. The van der Waals surface area contributed by atoms with Gasteiger partial charge in [0.15, 0.2) is 0 Å². The summed E-state index contributed by atoms with van der Waals surface area (Å²) in [5.74, 6) is 0. The van der Waals surface area contributed by atoms with E-state index in [-0.39, 0.29) is 6.61 Å². The first-order valence-corrected chi connectivity index (χ1v) is 6.63. The van der Waals surface area contributed by atoms with Crippen LogP contribution in [0.4, 0.5) is 13.2 Å². The molecule has 2 aromatic rings. The number of aromatic nitrogens is 1. The largest absolute Gasteiger partial charge is 0.417 e. The maximum Gasteiger partial charge on any atom is 0.417 e. The third-order valence-corrected chi connectivity index (χ3v) is 3.73. The fourth-order valence-corrected chi connectivity index (χ4v) is 2.51. The quantitative estimate of drug-likeness (QED) is 0.928. The smallest absolute Gasteiger partial charge is 0.392 e. The van der Waals surface area contributed by atoms with Crippen molar-refractivity contribution in [2.24, 2.45) is 0 Å². The molecule has 0 unspecified atom stereocenters. The van der Waals surface area contributed by atoms with E-state index in [0.29, 0.717) is 5.03 Å². The van der Waals surface area contributed by atoms with Crippen LogP contribution in [0, 0.1) is 6.92 Å². The van der Waals surface area contributed by atoms with E-state index in [9.17, 15) is 18.3 Å². The summed E-state index contributed by atoms with van der Waals surface area (Å²) in [6.45, 7) is 1.79. The van der Waals surface area contributed by atoms with E-state index in [1.165, 1.54) is 17.8 Å². The molecule has 6 heteroatoms. The molecular formula is C14H12F3NOS. The molecule has 2 nitrogen and oxygen atoms in total. The zero-order valence-electron chi connectivity index (χ0n) is 10.6. The Balaban J connectivity index is 2.22. The minimum atomic E-state index is -4.38. The van der Waals surface area contributed by atoms with Crippen molar-refractivity contribution < 1.29 is 18.3 Å². The van der Waals surface area contributed by atoms with Gasteiger partial charge in [-0.15, -0.1) is 0 Å². The predicted octanol–water partition coefficient (Wildman–Crippen LogP) is 4.05. The highest BCUT2D eigenvalue weighted by atomic mass is 32.2. The number of aliphatic hydroxyl groups is 1. The highest BCUT2D eigenvalue weighted by Gasteiger charge is 2.30. The van der Waals surface area contributed by atoms with Crippen LogP contribution in [0.1, 0.15) is 16.7 Å². The van der Waals surface area contributed by atoms with Crippen molar-refractivity contribution in [3.8, 4) is 0 Å². The summed E-state index contributed by atoms with van der Waals surface area (Å²) in [5, 5.41) is 9.74. The first-order valence-electron chi connectivity index (χ1n) is 5.81. The SMILES string of the molecule is Cc1ccc(Sc2ccc(C(F)(F)F)cn2)c(CO)c1. The summed E-state index contributed by atoms with van der Waals surface area (Å²) in [5.41, 5.74) is 0.976. The number of nitrogens with zero attached hydrogens (tertiary/aromatic N) is 1. The van der Waals surface area contributed by atoms with Gasteiger partial charge in [-0.2, -0.15) is 13.2 Å². The Labute approximate surface area is 118 Å². The topological polar surface area (TPSA) is 33.1 Å². The van der Waals surface area contributed by atoms with E-state index in [1.807, 2.05) is 25.1 Å². The maximum absolute atomic E-state index is 12.4. The molecule has 1 N–H and O–H groups in total. The Kier molecular flexibility index (Phi) is 4.35. The molecular weight excluding hydrogens is 287 g/mol. The van der Waals surface area contributed by atoms with E-state index in [1.54, 1.807) is 0 Å². The number of alkyl halides is 3. The van der Waals surface area contributed by atoms with Gasteiger partial charge < -0.3 is 5.11 Å². The molecule has 0 saturated carbocycles. The van der Waals surface area contributed by atoms with Gasteiger partial charge >= 0.3 is 6.18 Å². The zero-order valence-corrected chi connectivity index (χ0v) is 11.4. The fourth-order valence-electron chi connectivity index (χ4n) is 1.65. The molecule has 0 amide bonds. The lowest BCUT2D eigenvalue weighted by Crippen LogP contribution is -2.05. The average Bonchev–Trinajstić information content (AvgIpc) is 2.40. The number of aliphatic hydroxyl groups excluding tert-OH is 1. The number of hydrogen-bond acceptors (Lipinski definition) is 3. The first-order chi connectivity index (χ1) is 9.40. The van der Waals surface area contributed by atoms with Crippen molar-refractivity contribution in [1.29, 1.82) is 0 Å². The van der Waals surface area contributed by atoms with Crippen LogP contribution in [0.5, 0.6) is 0 Å². The first kappa shape index (κ1) is 14.9. The van der Waals surface area contributed by atoms with E-state index < -0.39 is 11.7 Å². The van der Waals surface area contributed by atoms with Crippen LogP contribution in [0.2, 0.25) is 0 Å². The van der Waals surface area contributed by atoms with Crippen molar-refractivity contribution in [1.82, 2.24) is 4.98 Å². The van der Waals surface area contributed by atoms with Crippen molar-refractivity contribution in [3.05, 3.63) is 53.2 Å². The molecule has 106 valence electrons. The summed E-state index contributed by atoms with van der Waals surface area (Å²) >= 11 is 1.23. The summed E-state index contributed by atoms with van der Waals surface area (Å²) in [6.07, 6.45) is -3.56. The van der Waals surface area contributed by atoms with Gasteiger partial charge in [0.25, 0.3) is 0 Å². The summed E-state index contributed by atoms with van der Waals surface area (Å²) in [7, 11) is 0. The monoisotopic (exact) mass is 299 g/mol.